The third-order valence-electron chi connectivity index (χ3n) is 6.63. The van der Waals surface area contributed by atoms with Crippen LogP contribution in [0.5, 0.6) is 5.88 Å². The fourth-order valence-corrected chi connectivity index (χ4v) is 6.67. The Hall–Kier alpha value is -3.31. The number of ether oxygens (including phenoxy) is 2. The molecule has 35 heavy (non-hydrogen) atoms. The number of aliphatic hydroxyl groups excluding tert-OH is 1. The number of anilines is 3. The molecule has 1 fully saturated rings. The van der Waals surface area contributed by atoms with Gasteiger partial charge in [0, 0.05) is 5.92 Å². The van der Waals surface area contributed by atoms with Crippen molar-refractivity contribution in [1.82, 2.24) is 15.0 Å². The van der Waals surface area contributed by atoms with E-state index in [1.807, 2.05) is 32.0 Å². The van der Waals surface area contributed by atoms with Gasteiger partial charge in [-0.3, -0.25) is 0 Å². The molecule has 0 aliphatic carbocycles. The average Bonchev–Trinajstić information content (AvgIpc) is 3.18. The van der Waals surface area contributed by atoms with Gasteiger partial charge in [-0.1, -0.05) is 0 Å². The Morgan fingerprint density at radius 2 is 2.11 bits per heavy atom. The van der Waals surface area contributed by atoms with Gasteiger partial charge in [0.1, 0.15) is 0 Å². The van der Waals surface area contributed by atoms with Crippen molar-refractivity contribution in [3.63, 3.8) is 0 Å². The number of nitriles is 1. The molecule has 0 spiro atoms. The molecule has 1 aromatic carbocycles. The van der Waals surface area contributed by atoms with E-state index in [0.717, 1.165) is 46.7 Å². The van der Waals surface area contributed by atoms with Gasteiger partial charge < -0.3 is 4.74 Å². The molecule has 0 bridgehead atoms. The van der Waals surface area contributed by atoms with Crippen LogP contribution < -0.4 is 20.7 Å². The minimum absolute atomic E-state index is 0.123. The summed E-state index contributed by atoms with van der Waals surface area (Å²) in [5.41, 5.74) is 5.45. The molecule has 0 saturated carbocycles. The predicted molar refractivity (Wildman–Crippen MR) is 138 cm³/mol. The molecule has 10 heteroatoms. The van der Waals surface area contributed by atoms with Crippen molar-refractivity contribution in [2.45, 2.75) is 13.8 Å². The summed E-state index contributed by atoms with van der Waals surface area (Å²) in [6.45, 7) is 8.08. The van der Waals surface area contributed by atoms with E-state index in [2.05, 4.69) is 39.4 Å². The number of pyridine rings is 1. The van der Waals surface area contributed by atoms with Gasteiger partial charge >= 0.3 is 174 Å². The summed E-state index contributed by atoms with van der Waals surface area (Å²) in [4.78, 5) is 13.7. The van der Waals surface area contributed by atoms with Gasteiger partial charge in [-0.25, -0.2) is 0 Å². The molecule has 3 aromatic rings. The van der Waals surface area contributed by atoms with Crippen LogP contribution in [0.25, 0.3) is 11.3 Å². The summed E-state index contributed by atoms with van der Waals surface area (Å²) in [6, 6.07) is 9.99. The number of nitrogens with zero attached hydrogens (tertiary/aromatic N) is 4. The fraction of sp³-hybridized carbons (Fsp3) is 0.360. The molecule has 1 saturated heterocycles. The van der Waals surface area contributed by atoms with Crippen LogP contribution in [0.1, 0.15) is 16.8 Å². The molecule has 0 radical (unpaired) electrons. The molecule has 2 aromatic heterocycles. The number of benzene rings is 1. The Bertz CT molecular complexity index is 1320. The molecule has 0 atom stereocenters. The smallest absolute Gasteiger partial charge is 0.380 e. The van der Waals surface area contributed by atoms with Crippen LogP contribution >= 0.6 is 7.26 Å². The Labute approximate surface area is 204 Å². The second-order valence-electron chi connectivity index (χ2n) is 9.48. The van der Waals surface area contributed by atoms with Crippen LogP contribution in [0, 0.1) is 31.1 Å². The van der Waals surface area contributed by atoms with E-state index in [1.165, 1.54) is 0 Å². The van der Waals surface area contributed by atoms with E-state index in [9.17, 15) is 10.4 Å². The van der Waals surface area contributed by atoms with E-state index in [4.69, 9.17) is 14.5 Å². The minimum Gasteiger partial charge on any atom is -0.380 e. The molecular weight excluding hydrogens is 463 g/mol. The zero-order chi connectivity index (χ0) is 24.6. The third-order valence-corrected chi connectivity index (χ3v) is 9.98. The number of hydrogen-bond donors (Lipinski definition) is 3. The first-order valence-corrected chi connectivity index (χ1v) is 14.5. The van der Waals surface area contributed by atoms with Gasteiger partial charge in [-0.2, -0.15) is 0 Å². The second kappa shape index (κ2) is 9.38. The third kappa shape index (κ3) is 4.53. The Balaban J connectivity index is 1.41. The van der Waals surface area contributed by atoms with E-state index >= 15 is 0 Å². The first kappa shape index (κ1) is 23.4. The van der Waals surface area contributed by atoms with Crippen molar-refractivity contribution in [3.05, 3.63) is 47.3 Å². The first-order valence-electron chi connectivity index (χ1n) is 11.6. The molecule has 182 valence electrons. The molecule has 2 aliphatic heterocycles. The maximum atomic E-state index is 10.0. The van der Waals surface area contributed by atoms with Crippen molar-refractivity contribution in [3.8, 4) is 23.2 Å². The standard InChI is InChI=1S/C25H29N6O3P/c1-15-6-21(16(2)29-24(15)34-12-17-10-33-11-17)31-25-27-5-4-20(30-25)18-7-19(9-26)23-22(8-18)35(3,14-32)13-28-23/h4-8,17,28,32,35H,10-14H2,1-3H3,(H,27,30,31). The van der Waals surface area contributed by atoms with E-state index in [0.29, 0.717) is 41.9 Å². The van der Waals surface area contributed by atoms with Crippen molar-refractivity contribution in [1.29, 1.82) is 5.26 Å². The van der Waals surface area contributed by atoms with Crippen LogP contribution in [0.3, 0.4) is 0 Å². The van der Waals surface area contributed by atoms with Crippen LogP contribution in [-0.4, -0.2) is 59.2 Å². The van der Waals surface area contributed by atoms with Gasteiger partial charge in [-0.15, -0.1) is 0 Å². The molecule has 0 unspecified atom stereocenters. The van der Waals surface area contributed by atoms with Gasteiger partial charge in [0.05, 0.1) is 19.8 Å². The molecule has 4 heterocycles. The number of aryl methyl sites for hydroxylation is 2. The van der Waals surface area contributed by atoms with Crippen LogP contribution in [-0.2, 0) is 4.74 Å². The summed E-state index contributed by atoms with van der Waals surface area (Å²) in [5, 5.41) is 27.4. The van der Waals surface area contributed by atoms with Crippen LogP contribution in [0.15, 0.2) is 30.5 Å². The van der Waals surface area contributed by atoms with E-state index < -0.39 is 7.26 Å². The number of rotatable bonds is 7. The zero-order valence-electron chi connectivity index (χ0n) is 20.1. The summed E-state index contributed by atoms with van der Waals surface area (Å²) >= 11 is 0. The van der Waals surface area contributed by atoms with Crippen molar-refractivity contribution in [2.24, 2.45) is 5.92 Å². The van der Waals surface area contributed by atoms with E-state index in [1.54, 1.807) is 6.20 Å². The van der Waals surface area contributed by atoms with Gasteiger partial charge in [-0.05, 0) is 0 Å². The molecule has 3 N–H and O–H groups in total. The molecule has 5 rings (SSSR count). The molecule has 2 aliphatic rings. The molecule has 0 amide bonds. The predicted octanol–water partition coefficient (Wildman–Crippen LogP) is 3.13. The zero-order valence-corrected chi connectivity index (χ0v) is 21.1. The summed E-state index contributed by atoms with van der Waals surface area (Å²) < 4.78 is 11.1. The van der Waals surface area contributed by atoms with Crippen molar-refractivity contribution >= 4 is 29.9 Å². The fourth-order valence-electron chi connectivity index (χ4n) is 4.30. The maximum absolute atomic E-state index is 10.0. The Morgan fingerprint density at radius 3 is 2.83 bits per heavy atom. The summed E-state index contributed by atoms with van der Waals surface area (Å²) in [5.74, 6) is 1.49. The number of aliphatic hydroxyl groups is 1. The van der Waals surface area contributed by atoms with Crippen LogP contribution in [0.2, 0.25) is 0 Å². The summed E-state index contributed by atoms with van der Waals surface area (Å²) in [7, 11) is -2.09. The number of aromatic nitrogens is 3. The first-order chi connectivity index (χ1) is 16.9. The molecular formula is C25H29N6O3P. The Morgan fingerprint density at radius 1 is 1.29 bits per heavy atom. The summed E-state index contributed by atoms with van der Waals surface area (Å²) in [6.07, 6.45) is 2.53. The van der Waals surface area contributed by atoms with Gasteiger partial charge in [0.25, 0.3) is 0 Å². The SMILES string of the molecule is Cc1cc(Nc2nccc(-c3cc(C#N)c4c(c3)[PH](C)(CO)CN4)n2)c(C)nc1OCC1COC1. The van der Waals surface area contributed by atoms with Crippen molar-refractivity contribution < 1.29 is 14.6 Å². The van der Waals surface area contributed by atoms with Crippen LogP contribution in [0.4, 0.5) is 17.3 Å². The Kier molecular flexibility index (Phi) is 6.28. The normalized spacial score (nSPS) is 17.0. The monoisotopic (exact) mass is 492 g/mol. The molecule has 9 nitrogen and oxygen atoms in total. The topological polar surface area (TPSA) is 125 Å². The number of hydrogen-bond acceptors (Lipinski definition) is 9. The van der Waals surface area contributed by atoms with E-state index in [-0.39, 0.29) is 6.35 Å². The van der Waals surface area contributed by atoms with Gasteiger partial charge in [0.15, 0.2) is 0 Å². The average molecular weight is 493 g/mol. The quantitative estimate of drug-likeness (QED) is 0.427. The van der Waals surface area contributed by atoms with Crippen molar-refractivity contribution in [2.75, 3.05) is 49.8 Å². The second-order valence-corrected chi connectivity index (χ2v) is 13.8. The number of fused-ring (bicyclic) bond motifs is 1. The number of nitrogens with one attached hydrogen (secondary N) is 2. The van der Waals surface area contributed by atoms with Gasteiger partial charge in [0.2, 0.25) is 0 Å². The minimum atomic E-state index is -2.09.